The van der Waals surface area contributed by atoms with E-state index in [-0.39, 0.29) is 37.6 Å². The Kier molecular flexibility index (Phi) is 6.44. The summed E-state index contributed by atoms with van der Waals surface area (Å²) in [7, 11) is 0. The molecule has 2 rings (SSSR count). The zero-order valence-electron chi connectivity index (χ0n) is 15.6. The van der Waals surface area contributed by atoms with Crippen LogP contribution in [0.3, 0.4) is 0 Å². The second kappa shape index (κ2) is 8.37. The van der Waals surface area contributed by atoms with E-state index < -0.39 is 17.6 Å². The minimum atomic E-state index is -0.668. The SMILES string of the molecule is CC(C)(C)OC(=O)N1CCC(CC(=O)NCCN2C(=O)COC2=O)CC1. The summed E-state index contributed by atoms with van der Waals surface area (Å²) in [6, 6.07) is 0. The van der Waals surface area contributed by atoms with Gasteiger partial charge in [0.2, 0.25) is 5.91 Å². The normalized spacial score (nSPS) is 18.7. The van der Waals surface area contributed by atoms with E-state index in [0.717, 1.165) is 17.7 Å². The van der Waals surface area contributed by atoms with Gasteiger partial charge in [-0.3, -0.25) is 9.59 Å². The van der Waals surface area contributed by atoms with Gasteiger partial charge in [0.05, 0.1) is 0 Å². The predicted octanol–water partition coefficient (Wildman–Crippen LogP) is 1.12. The van der Waals surface area contributed by atoms with Crippen LogP contribution in [-0.4, -0.2) is 72.2 Å². The van der Waals surface area contributed by atoms with E-state index in [1.54, 1.807) is 4.90 Å². The van der Waals surface area contributed by atoms with E-state index >= 15 is 0 Å². The Balaban J connectivity index is 1.64. The molecule has 0 aromatic rings. The van der Waals surface area contributed by atoms with Gasteiger partial charge < -0.3 is 19.7 Å². The number of ether oxygens (including phenoxy) is 2. The number of hydrogen-bond donors (Lipinski definition) is 1. The number of rotatable bonds is 5. The summed E-state index contributed by atoms with van der Waals surface area (Å²) in [6.07, 6.45) is 0.856. The Morgan fingerprint density at radius 1 is 1.23 bits per heavy atom. The molecule has 2 aliphatic rings. The first-order valence-corrected chi connectivity index (χ1v) is 8.87. The van der Waals surface area contributed by atoms with Crippen molar-refractivity contribution >= 4 is 24.0 Å². The molecular weight excluding hydrogens is 342 g/mol. The molecule has 4 amide bonds. The quantitative estimate of drug-likeness (QED) is 0.778. The molecule has 2 heterocycles. The number of piperidine rings is 1. The van der Waals surface area contributed by atoms with Gasteiger partial charge in [-0.15, -0.1) is 0 Å². The van der Waals surface area contributed by atoms with Crippen LogP contribution in [0.25, 0.3) is 0 Å². The highest BCUT2D eigenvalue weighted by Crippen LogP contribution is 2.22. The maximum atomic E-state index is 12.0. The molecule has 2 aliphatic heterocycles. The number of amides is 4. The lowest BCUT2D eigenvalue weighted by Gasteiger charge is -2.33. The summed E-state index contributed by atoms with van der Waals surface area (Å²) in [5.41, 5.74) is -0.517. The van der Waals surface area contributed by atoms with Crippen LogP contribution in [-0.2, 0) is 19.1 Å². The van der Waals surface area contributed by atoms with Crippen molar-refractivity contribution in [2.75, 3.05) is 32.8 Å². The van der Waals surface area contributed by atoms with Gasteiger partial charge in [0.15, 0.2) is 6.61 Å². The number of hydrogen-bond acceptors (Lipinski definition) is 6. The van der Waals surface area contributed by atoms with Gasteiger partial charge in [-0.2, -0.15) is 0 Å². The lowest BCUT2D eigenvalue weighted by Crippen LogP contribution is -2.43. The summed E-state index contributed by atoms with van der Waals surface area (Å²) in [6.45, 7) is 6.72. The molecule has 0 aromatic carbocycles. The molecule has 2 fully saturated rings. The van der Waals surface area contributed by atoms with Gasteiger partial charge in [-0.1, -0.05) is 0 Å². The Bertz CT molecular complexity index is 547. The van der Waals surface area contributed by atoms with Crippen molar-refractivity contribution in [2.45, 2.75) is 45.6 Å². The van der Waals surface area contributed by atoms with Gasteiger partial charge in [-0.25, -0.2) is 14.5 Å². The maximum Gasteiger partial charge on any atom is 0.417 e. The van der Waals surface area contributed by atoms with Crippen LogP contribution < -0.4 is 5.32 Å². The number of carbonyl (C=O) groups excluding carboxylic acids is 4. The Morgan fingerprint density at radius 3 is 2.42 bits per heavy atom. The zero-order chi connectivity index (χ0) is 19.3. The van der Waals surface area contributed by atoms with E-state index in [1.165, 1.54) is 0 Å². The summed E-state index contributed by atoms with van der Waals surface area (Å²) in [5, 5.41) is 2.72. The number of carbonyl (C=O) groups is 4. The minimum absolute atomic E-state index is 0.112. The monoisotopic (exact) mass is 369 g/mol. The molecule has 0 atom stereocenters. The number of likely N-dealkylation sites (tertiary alicyclic amines) is 1. The molecule has 0 aliphatic carbocycles. The van der Waals surface area contributed by atoms with E-state index in [2.05, 4.69) is 10.1 Å². The van der Waals surface area contributed by atoms with Crippen molar-refractivity contribution in [2.24, 2.45) is 5.92 Å². The third kappa shape index (κ3) is 5.89. The molecule has 9 heteroatoms. The first-order valence-electron chi connectivity index (χ1n) is 8.87. The van der Waals surface area contributed by atoms with Crippen LogP contribution in [0.1, 0.15) is 40.0 Å². The number of nitrogens with one attached hydrogen (secondary N) is 1. The first kappa shape index (κ1) is 20.0. The van der Waals surface area contributed by atoms with Crippen molar-refractivity contribution < 1.29 is 28.7 Å². The highest BCUT2D eigenvalue weighted by molar-refractivity contribution is 5.97. The first-order chi connectivity index (χ1) is 12.2. The van der Waals surface area contributed by atoms with Crippen molar-refractivity contribution in [3.63, 3.8) is 0 Å². The predicted molar refractivity (Wildman–Crippen MR) is 91.2 cm³/mol. The van der Waals surface area contributed by atoms with Gasteiger partial charge in [0, 0.05) is 32.6 Å². The van der Waals surface area contributed by atoms with Crippen molar-refractivity contribution in [1.29, 1.82) is 0 Å². The van der Waals surface area contributed by atoms with Crippen molar-refractivity contribution in [1.82, 2.24) is 15.1 Å². The molecule has 146 valence electrons. The molecule has 1 N–H and O–H groups in total. The Morgan fingerprint density at radius 2 is 1.88 bits per heavy atom. The van der Waals surface area contributed by atoms with E-state index in [1.807, 2.05) is 20.8 Å². The van der Waals surface area contributed by atoms with E-state index in [0.29, 0.717) is 19.5 Å². The molecule has 0 saturated carbocycles. The van der Waals surface area contributed by atoms with E-state index in [4.69, 9.17) is 4.74 Å². The standard InChI is InChI=1S/C17H27N3O6/c1-17(2,3)26-15(23)19-7-4-12(5-8-19)10-13(21)18-6-9-20-14(22)11-25-16(20)24/h12H,4-11H2,1-3H3,(H,18,21). The van der Waals surface area contributed by atoms with Crippen LogP contribution in [0.4, 0.5) is 9.59 Å². The highest BCUT2D eigenvalue weighted by Gasteiger charge is 2.31. The average Bonchev–Trinajstić information content (AvgIpc) is 2.86. The summed E-state index contributed by atoms with van der Waals surface area (Å²) < 4.78 is 9.95. The molecule has 0 aromatic heterocycles. The fourth-order valence-electron chi connectivity index (χ4n) is 2.88. The van der Waals surface area contributed by atoms with Crippen molar-refractivity contribution in [3.8, 4) is 0 Å². The number of nitrogens with zero attached hydrogens (tertiary/aromatic N) is 2. The van der Waals surface area contributed by atoms with Crippen LogP contribution >= 0.6 is 0 Å². The average molecular weight is 369 g/mol. The van der Waals surface area contributed by atoms with Gasteiger partial charge >= 0.3 is 12.2 Å². The van der Waals surface area contributed by atoms with Crippen molar-refractivity contribution in [3.05, 3.63) is 0 Å². The largest absolute Gasteiger partial charge is 0.444 e. The highest BCUT2D eigenvalue weighted by atomic mass is 16.6. The summed E-state index contributed by atoms with van der Waals surface area (Å²) in [4.78, 5) is 49.3. The van der Waals surface area contributed by atoms with Gasteiger partial charge in [0.1, 0.15) is 5.60 Å². The summed E-state index contributed by atoms with van der Waals surface area (Å²) in [5.74, 6) is -0.313. The molecular formula is C17H27N3O6. The molecule has 0 unspecified atom stereocenters. The number of cyclic esters (lactones) is 1. The Hall–Kier alpha value is -2.32. The summed E-state index contributed by atoms with van der Waals surface area (Å²) >= 11 is 0. The maximum absolute atomic E-state index is 12.0. The van der Waals surface area contributed by atoms with Gasteiger partial charge in [-0.05, 0) is 39.5 Å². The lowest BCUT2D eigenvalue weighted by molar-refractivity contribution is -0.127. The van der Waals surface area contributed by atoms with Gasteiger partial charge in [0.25, 0.3) is 5.91 Å². The lowest BCUT2D eigenvalue weighted by atomic mass is 9.93. The molecule has 0 bridgehead atoms. The fourth-order valence-corrected chi connectivity index (χ4v) is 2.88. The third-order valence-corrected chi connectivity index (χ3v) is 4.24. The van der Waals surface area contributed by atoms with Crippen LogP contribution in [0.5, 0.6) is 0 Å². The fraction of sp³-hybridized carbons (Fsp3) is 0.765. The molecule has 2 saturated heterocycles. The van der Waals surface area contributed by atoms with Crippen LogP contribution in [0, 0.1) is 5.92 Å². The van der Waals surface area contributed by atoms with Crippen LogP contribution in [0.15, 0.2) is 0 Å². The topological polar surface area (TPSA) is 105 Å². The third-order valence-electron chi connectivity index (χ3n) is 4.24. The van der Waals surface area contributed by atoms with Crippen LogP contribution in [0.2, 0.25) is 0 Å². The minimum Gasteiger partial charge on any atom is -0.444 e. The molecule has 9 nitrogen and oxygen atoms in total. The number of imide groups is 1. The molecule has 26 heavy (non-hydrogen) atoms. The zero-order valence-corrected chi connectivity index (χ0v) is 15.6. The van der Waals surface area contributed by atoms with E-state index in [9.17, 15) is 19.2 Å². The smallest absolute Gasteiger partial charge is 0.417 e. The second-order valence-electron chi connectivity index (χ2n) is 7.56. The Labute approximate surface area is 153 Å². The second-order valence-corrected chi connectivity index (χ2v) is 7.56. The molecule has 0 spiro atoms. The molecule has 0 radical (unpaired) electrons.